The lowest BCUT2D eigenvalue weighted by molar-refractivity contribution is -0.148. The molecule has 1 atom stereocenters. The van der Waals surface area contributed by atoms with Crippen LogP contribution in [0.25, 0.3) is 0 Å². The normalized spacial score (nSPS) is 19.5. The summed E-state index contributed by atoms with van der Waals surface area (Å²) in [4.78, 5) is 27.1. The molecule has 3 N–H and O–H groups in total. The number of nitrogens with zero attached hydrogens (tertiary/aromatic N) is 1. The molecule has 2 heterocycles. The predicted molar refractivity (Wildman–Crippen MR) is 50.5 cm³/mol. The van der Waals surface area contributed by atoms with Crippen molar-refractivity contribution in [2.45, 2.75) is 18.9 Å². The first-order chi connectivity index (χ1) is 7.58. The van der Waals surface area contributed by atoms with Gasteiger partial charge in [-0.3, -0.25) is 4.79 Å². The molecule has 0 bridgehead atoms. The molecule has 1 saturated heterocycles. The van der Waals surface area contributed by atoms with Crippen molar-refractivity contribution in [3.05, 3.63) is 12.1 Å². The molecule has 1 aliphatic heterocycles. The molecule has 1 unspecified atom stereocenters. The number of carbonyl (C=O) groups is 2. The summed E-state index contributed by atoms with van der Waals surface area (Å²) in [5.74, 6) is -1.74. The Balaban J connectivity index is 2.05. The molecular formula is C9H10N2O5. The van der Waals surface area contributed by atoms with E-state index < -0.39 is 23.8 Å². The first-order valence-electron chi connectivity index (χ1n) is 4.69. The average molecular weight is 226 g/mol. The zero-order valence-corrected chi connectivity index (χ0v) is 8.21. The number of amides is 1. The number of rotatable bonds is 2. The van der Waals surface area contributed by atoms with Crippen LogP contribution in [0.4, 0.5) is 0 Å². The monoisotopic (exact) mass is 226 g/mol. The molecule has 0 aromatic carbocycles. The van der Waals surface area contributed by atoms with E-state index in [0.29, 0.717) is 11.2 Å². The minimum absolute atomic E-state index is 0.220. The summed E-state index contributed by atoms with van der Waals surface area (Å²) in [6, 6.07) is 1.62. The van der Waals surface area contributed by atoms with E-state index in [1.54, 1.807) is 0 Å². The summed E-state index contributed by atoms with van der Waals surface area (Å²) in [6.07, 6.45) is 0.615. The fourth-order valence-corrected chi connectivity index (χ4v) is 1.44. The number of aromatic nitrogens is 1. The summed E-state index contributed by atoms with van der Waals surface area (Å²) in [5.41, 5.74) is 0. The van der Waals surface area contributed by atoms with Gasteiger partial charge < -0.3 is 20.4 Å². The third-order valence-corrected chi connectivity index (χ3v) is 2.26. The van der Waals surface area contributed by atoms with Crippen LogP contribution in [-0.2, 0) is 9.59 Å². The van der Waals surface area contributed by atoms with Crippen LogP contribution in [0, 0.1) is 0 Å². The van der Waals surface area contributed by atoms with E-state index in [-0.39, 0.29) is 12.3 Å². The van der Waals surface area contributed by atoms with Crippen molar-refractivity contribution in [1.29, 1.82) is 0 Å². The van der Waals surface area contributed by atoms with Gasteiger partial charge in [-0.05, 0) is 6.42 Å². The molecule has 2 rings (SSSR count). The molecule has 86 valence electrons. The summed E-state index contributed by atoms with van der Waals surface area (Å²) >= 11 is 0. The van der Waals surface area contributed by atoms with Crippen molar-refractivity contribution in [3.8, 4) is 11.8 Å². The second-order valence-corrected chi connectivity index (χ2v) is 3.41. The lowest BCUT2D eigenvalue weighted by Crippen LogP contribution is -2.38. The average Bonchev–Trinajstić information content (AvgIpc) is 2.79. The maximum Gasteiger partial charge on any atom is 0.355 e. The second kappa shape index (κ2) is 3.76. The molecule has 1 aliphatic rings. The highest BCUT2D eigenvalue weighted by atomic mass is 16.7. The number of aromatic hydroxyl groups is 2. The minimum Gasteiger partial charge on any atom is -0.492 e. The molecule has 1 aromatic heterocycles. The molecule has 1 aromatic rings. The van der Waals surface area contributed by atoms with Crippen molar-refractivity contribution in [1.82, 2.24) is 10.0 Å². The van der Waals surface area contributed by atoms with E-state index in [1.165, 1.54) is 12.1 Å². The Hall–Kier alpha value is -2.18. The Kier molecular flexibility index (Phi) is 2.43. The Morgan fingerprint density at radius 3 is 2.56 bits per heavy atom. The molecule has 16 heavy (non-hydrogen) atoms. The first kappa shape index (κ1) is 10.3. The van der Waals surface area contributed by atoms with Crippen molar-refractivity contribution in [2.24, 2.45) is 0 Å². The summed E-state index contributed by atoms with van der Waals surface area (Å²) in [7, 11) is 0. The fourth-order valence-electron chi connectivity index (χ4n) is 1.44. The highest BCUT2D eigenvalue weighted by Gasteiger charge is 2.30. The van der Waals surface area contributed by atoms with Crippen LogP contribution < -0.4 is 10.2 Å². The van der Waals surface area contributed by atoms with Crippen molar-refractivity contribution >= 4 is 11.9 Å². The molecular weight excluding hydrogens is 216 g/mol. The van der Waals surface area contributed by atoms with Gasteiger partial charge in [0.2, 0.25) is 17.7 Å². The van der Waals surface area contributed by atoms with Gasteiger partial charge in [0.1, 0.15) is 6.04 Å². The zero-order valence-electron chi connectivity index (χ0n) is 8.21. The third kappa shape index (κ3) is 1.79. The standard InChI is InChI=1S/C9H10N2O5/c12-6-2-1-5(10-6)9(15)16-11-7(13)3-4-8(11)14/h3-5,13-14H,1-2H2,(H,10,12). The van der Waals surface area contributed by atoms with E-state index in [0.717, 1.165) is 0 Å². The summed E-state index contributed by atoms with van der Waals surface area (Å²) in [6.45, 7) is 0. The van der Waals surface area contributed by atoms with Gasteiger partial charge in [-0.25, -0.2) is 4.79 Å². The van der Waals surface area contributed by atoms with Crippen LogP contribution in [0.1, 0.15) is 12.8 Å². The topological polar surface area (TPSA) is 101 Å². The van der Waals surface area contributed by atoms with Gasteiger partial charge in [0, 0.05) is 18.6 Å². The van der Waals surface area contributed by atoms with E-state index >= 15 is 0 Å². The lowest BCUT2D eigenvalue weighted by Gasteiger charge is -2.10. The molecule has 0 saturated carbocycles. The van der Waals surface area contributed by atoms with Gasteiger partial charge in [-0.1, -0.05) is 0 Å². The third-order valence-electron chi connectivity index (χ3n) is 2.26. The highest BCUT2D eigenvalue weighted by molar-refractivity contribution is 5.88. The van der Waals surface area contributed by atoms with Crippen LogP contribution >= 0.6 is 0 Å². The van der Waals surface area contributed by atoms with Crippen LogP contribution in [-0.4, -0.2) is 32.9 Å². The molecule has 1 amide bonds. The number of nitrogens with one attached hydrogen (secondary N) is 1. The molecule has 7 heteroatoms. The van der Waals surface area contributed by atoms with E-state index in [4.69, 9.17) is 4.84 Å². The van der Waals surface area contributed by atoms with E-state index in [9.17, 15) is 19.8 Å². The van der Waals surface area contributed by atoms with Gasteiger partial charge in [0.05, 0.1) is 0 Å². The minimum atomic E-state index is -0.729. The van der Waals surface area contributed by atoms with Gasteiger partial charge >= 0.3 is 5.97 Å². The Morgan fingerprint density at radius 2 is 2.06 bits per heavy atom. The van der Waals surface area contributed by atoms with Crippen molar-refractivity contribution in [3.63, 3.8) is 0 Å². The highest BCUT2D eigenvalue weighted by Crippen LogP contribution is 2.19. The van der Waals surface area contributed by atoms with Crippen LogP contribution in [0.3, 0.4) is 0 Å². The Bertz CT molecular complexity index is 420. The maximum atomic E-state index is 11.5. The van der Waals surface area contributed by atoms with Gasteiger partial charge in [0.25, 0.3) is 0 Å². The largest absolute Gasteiger partial charge is 0.492 e. The molecule has 0 spiro atoms. The van der Waals surface area contributed by atoms with Gasteiger partial charge in [-0.2, -0.15) is 0 Å². The lowest BCUT2D eigenvalue weighted by atomic mass is 10.2. The Morgan fingerprint density at radius 1 is 1.44 bits per heavy atom. The molecule has 0 radical (unpaired) electrons. The summed E-state index contributed by atoms with van der Waals surface area (Å²) in [5, 5.41) is 20.8. The number of carbonyl (C=O) groups excluding carboxylic acids is 2. The van der Waals surface area contributed by atoms with Gasteiger partial charge in [0.15, 0.2) is 0 Å². The van der Waals surface area contributed by atoms with Crippen LogP contribution in [0.2, 0.25) is 0 Å². The molecule has 7 nitrogen and oxygen atoms in total. The number of hydrogen-bond donors (Lipinski definition) is 3. The zero-order chi connectivity index (χ0) is 11.7. The molecule has 0 aliphatic carbocycles. The first-order valence-corrected chi connectivity index (χ1v) is 4.69. The maximum absolute atomic E-state index is 11.5. The Labute approximate surface area is 90.2 Å². The van der Waals surface area contributed by atoms with Crippen molar-refractivity contribution < 1.29 is 24.6 Å². The van der Waals surface area contributed by atoms with Crippen LogP contribution in [0.5, 0.6) is 11.8 Å². The van der Waals surface area contributed by atoms with Crippen LogP contribution in [0.15, 0.2) is 12.1 Å². The van der Waals surface area contributed by atoms with Gasteiger partial charge in [-0.15, -0.1) is 4.73 Å². The molecule has 1 fully saturated rings. The predicted octanol–water partition coefficient (Wildman–Crippen LogP) is -0.867. The van der Waals surface area contributed by atoms with E-state index in [2.05, 4.69) is 5.32 Å². The second-order valence-electron chi connectivity index (χ2n) is 3.41. The smallest absolute Gasteiger partial charge is 0.355 e. The van der Waals surface area contributed by atoms with E-state index in [1.807, 2.05) is 0 Å². The number of hydrogen-bond acceptors (Lipinski definition) is 5. The summed E-state index contributed by atoms with van der Waals surface area (Å²) < 4.78 is 0.590. The van der Waals surface area contributed by atoms with Crippen molar-refractivity contribution in [2.75, 3.05) is 0 Å². The quantitative estimate of drug-likeness (QED) is 0.608. The fraction of sp³-hybridized carbons (Fsp3) is 0.333. The SMILES string of the molecule is O=C1CCC(C(=O)On2c(O)ccc2O)N1.